The molecule has 150 valence electrons. The van der Waals surface area contributed by atoms with Crippen LogP contribution in [0.3, 0.4) is 0 Å². The third kappa shape index (κ3) is 2.77. The summed E-state index contributed by atoms with van der Waals surface area (Å²) >= 11 is 12.1. The van der Waals surface area contributed by atoms with Gasteiger partial charge in [0.05, 0.1) is 10.9 Å². The SMILES string of the molecule is O=C1NCC[C@@H]2N[C@]3(Cc4ccc(Cl)cc4NC3=O)[C@@H](c3cccc(Cl)c3F)[C@H]12. The van der Waals surface area contributed by atoms with Gasteiger partial charge in [0.25, 0.3) is 0 Å². The molecule has 2 fully saturated rings. The molecule has 3 aliphatic heterocycles. The smallest absolute Gasteiger partial charge is 0.245 e. The molecular weight excluding hydrogens is 416 g/mol. The van der Waals surface area contributed by atoms with Crippen molar-refractivity contribution in [3.63, 3.8) is 0 Å². The average Bonchev–Trinajstić information content (AvgIpc) is 3.01. The van der Waals surface area contributed by atoms with Crippen LogP contribution in [0.1, 0.15) is 23.5 Å². The number of benzene rings is 2. The summed E-state index contributed by atoms with van der Waals surface area (Å²) in [6, 6.07) is 9.81. The van der Waals surface area contributed by atoms with Crippen LogP contribution in [-0.4, -0.2) is 29.9 Å². The van der Waals surface area contributed by atoms with Crippen LogP contribution in [-0.2, 0) is 16.0 Å². The minimum Gasteiger partial charge on any atom is -0.356 e. The van der Waals surface area contributed by atoms with Crippen molar-refractivity contribution < 1.29 is 14.0 Å². The highest BCUT2D eigenvalue weighted by molar-refractivity contribution is 6.31. The summed E-state index contributed by atoms with van der Waals surface area (Å²) in [6.45, 7) is 0.516. The Hall–Kier alpha value is -2.15. The van der Waals surface area contributed by atoms with E-state index in [4.69, 9.17) is 23.2 Å². The number of carbonyl (C=O) groups is 2. The lowest BCUT2D eigenvalue weighted by Gasteiger charge is -2.39. The van der Waals surface area contributed by atoms with Gasteiger partial charge in [0.2, 0.25) is 11.8 Å². The van der Waals surface area contributed by atoms with Crippen LogP contribution in [0, 0.1) is 11.7 Å². The summed E-state index contributed by atoms with van der Waals surface area (Å²) in [4.78, 5) is 26.2. The standard InChI is InChI=1S/C21H18Cl2FN3O2/c22-11-5-4-10-9-21(20(29)26-15(10)8-11)17(12-2-1-3-13(23)18(12)24)16-14(27-21)6-7-25-19(16)28/h1-5,8,14,16-17,27H,6-7,9H2,(H,25,28)(H,26,29)/t14-,16+,17-,21+/m0/s1. The first-order valence-electron chi connectivity index (χ1n) is 9.50. The van der Waals surface area contributed by atoms with Gasteiger partial charge >= 0.3 is 0 Å². The van der Waals surface area contributed by atoms with Gasteiger partial charge in [-0.15, -0.1) is 0 Å². The fraction of sp³-hybridized carbons (Fsp3) is 0.333. The molecule has 2 saturated heterocycles. The zero-order valence-corrected chi connectivity index (χ0v) is 16.8. The lowest BCUT2D eigenvalue weighted by atomic mass is 9.69. The van der Waals surface area contributed by atoms with Crippen LogP contribution >= 0.6 is 23.2 Å². The predicted molar refractivity (Wildman–Crippen MR) is 109 cm³/mol. The lowest BCUT2D eigenvalue weighted by molar-refractivity contribution is -0.127. The second-order valence-corrected chi connectivity index (χ2v) is 8.72. The summed E-state index contributed by atoms with van der Waals surface area (Å²) in [6.07, 6.45) is 0.986. The summed E-state index contributed by atoms with van der Waals surface area (Å²) < 4.78 is 15.1. The lowest BCUT2D eigenvalue weighted by Crippen LogP contribution is -2.59. The van der Waals surface area contributed by atoms with Gasteiger partial charge in [0.15, 0.2) is 0 Å². The van der Waals surface area contributed by atoms with Crippen molar-refractivity contribution in [1.82, 2.24) is 10.6 Å². The van der Waals surface area contributed by atoms with Gasteiger partial charge in [-0.1, -0.05) is 41.4 Å². The predicted octanol–water partition coefficient (Wildman–Crippen LogP) is 3.26. The molecule has 3 aliphatic rings. The molecule has 4 atom stereocenters. The number of nitrogens with one attached hydrogen (secondary N) is 3. The van der Waals surface area contributed by atoms with E-state index in [0.29, 0.717) is 30.1 Å². The molecule has 0 radical (unpaired) electrons. The topological polar surface area (TPSA) is 70.2 Å². The zero-order chi connectivity index (χ0) is 20.3. The number of amides is 2. The molecule has 2 aromatic rings. The van der Waals surface area contributed by atoms with E-state index in [1.165, 1.54) is 6.07 Å². The number of halogens is 3. The third-order valence-electron chi connectivity index (χ3n) is 6.33. The molecule has 0 aliphatic carbocycles. The molecule has 3 N–H and O–H groups in total. The maximum absolute atomic E-state index is 15.1. The van der Waals surface area contributed by atoms with Crippen molar-refractivity contribution >= 4 is 40.7 Å². The minimum atomic E-state index is -1.16. The first-order valence-corrected chi connectivity index (χ1v) is 10.3. The molecular formula is C21H18Cl2FN3O2. The Bertz CT molecular complexity index is 1050. The molecule has 0 aromatic heterocycles. The van der Waals surface area contributed by atoms with Crippen molar-refractivity contribution in [2.24, 2.45) is 5.92 Å². The molecule has 8 heteroatoms. The van der Waals surface area contributed by atoms with E-state index in [2.05, 4.69) is 16.0 Å². The maximum Gasteiger partial charge on any atom is 0.245 e. The normalized spacial score (nSPS) is 30.5. The monoisotopic (exact) mass is 433 g/mol. The van der Waals surface area contributed by atoms with Gasteiger partial charge in [-0.05, 0) is 35.7 Å². The van der Waals surface area contributed by atoms with Crippen LogP contribution in [0.4, 0.5) is 10.1 Å². The maximum atomic E-state index is 15.1. The van der Waals surface area contributed by atoms with Gasteiger partial charge in [0.1, 0.15) is 11.4 Å². The van der Waals surface area contributed by atoms with Crippen LogP contribution in [0.25, 0.3) is 0 Å². The molecule has 0 bridgehead atoms. The van der Waals surface area contributed by atoms with E-state index in [1.54, 1.807) is 24.3 Å². The largest absolute Gasteiger partial charge is 0.356 e. The molecule has 2 amide bonds. The highest BCUT2D eigenvalue weighted by atomic mass is 35.5. The molecule has 3 heterocycles. The summed E-state index contributed by atoms with van der Waals surface area (Å²) in [5.74, 6) is -2.33. The van der Waals surface area contributed by atoms with E-state index in [0.717, 1.165) is 5.56 Å². The van der Waals surface area contributed by atoms with E-state index >= 15 is 4.39 Å². The van der Waals surface area contributed by atoms with Gasteiger partial charge in [-0.2, -0.15) is 0 Å². The van der Waals surface area contributed by atoms with Crippen LogP contribution in [0.15, 0.2) is 36.4 Å². The summed E-state index contributed by atoms with van der Waals surface area (Å²) in [7, 11) is 0. The number of hydrogen-bond donors (Lipinski definition) is 3. The highest BCUT2D eigenvalue weighted by Gasteiger charge is 2.62. The fourth-order valence-electron chi connectivity index (χ4n) is 5.12. The van der Waals surface area contributed by atoms with Gasteiger partial charge < -0.3 is 10.6 Å². The molecule has 2 aromatic carbocycles. The molecule has 5 rings (SSSR count). The number of hydrogen-bond acceptors (Lipinski definition) is 3. The Morgan fingerprint density at radius 3 is 2.79 bits per heavy atom. The van der Waals surface area contributed by atoms with Crippen molar-refractivity contribution in [2.45, 2.75) is 30.3 Å². The van der Waals surface area contributed by atoms with E-state index in [1.807, 2.05) is 6.07 Å². The quantitative estimate of drug-likeness (QED) is 0.646. The van der Waals surface area contributed by atoms with Gasteiger partial charge in [-0.25, -0.2) is 4.39 Å². The Kier molecular flexibility index (Phi) is 4.35. The van der Waals surface area contributed by atoms with Crippen LogP contribution < -0.4 is 16.0 Å². The van der Waals surface area contributed by atoms with E-state index < -0.39 is 23.2 Å². The van der Waals surface area contributed by atoms with E-state index in [-0.39, 0.29) is 28.4 Å². The zero-order valence-electron chi connectivity index (χ0n) is 15.3. The third-order valence-corrected chi connectivity index (χ3v) is 6.86. The second kappa shape index (κ2) is 6.69. The Morgan fingerprint density at radius 2 is 1.97 bits per heavy atom. The van der Waals surface area contributed by atoms with Gasteiger partial charge in [-0.3, -0.25) is 14.9 Å². The molecule has 5 nitrogen and oxygen atoms in total. The Labute approximate surface area is 177 Å². The minimum absolute atomic E-state index is 0.0271. The Balaban J connectivity index is 1.70. The number of fused-ring (bicyclic) bond motifs is 2. The second-order valence-electron chi connectivity index (χ2n) is 7.88. The molecule has 1 spiro atoms. The Morgan fingerprint density at radius 1 is 1.14 bits per heavy atom. The number of carbonyl (C=O) groups excluding carboxylic acids is 2. The van der Waals surface area contributed by atoms with Crippen LogP contribution in [0.2, 0.25) is 10.0 Å². The highest BCUT2D eigenvalue weighted by Crippen LogP contribution is 2.50. The van der Waals surface area contributed by atoms with Gasteiger partial charge in [0, 0.05) is 35.6 Å². The number of rotatable bonds is 1. The van der Waals surface area contributed by atoms with Crippen molar-refractivity contribution in [1.29, 1.82) is 0 Å². The fourth-order valence-corrected chi connectivity index (χ4v) is 5.48. The van der Waals surface area contributed by atoms with Crippen molar-refractivity contribution in [3.8, 4) is 0 Å². The van der Waals surface area contributed by atoms with Crippen molar-refractivity contribution in [3.05, 3.63) is 63.4 Å². The van der Waals surface area contributed by atoms with E-state index in [9.17, 15) is 9.59 Å². The number of piperidine rings is 1. The van der Waals surface area contributed by atoms with Crippen molar-refractivity contribution in [2.75, 3.05) is 11.9 Å². The summed E-state index contributed by atoms with van der Waals surface area (Å²) in [5, 5.41) is 9.70. The molecule has 0 saturated carbocycles. The first-order chi connectivity index (χ1) is 13.9. The molecule has 0 unspecified atom stereocenters. The summed E-state index contributed by atoms with van der Waals surface area (Å²) in [5.41, 5.74) is 0.637. The average molecular weight is 434 g/mol. The number of anilines is 1. The molecule has 29 heavy (non-hydrogen) atoms. The van der Waals surface area contributed by atoms with Crippen LogP contribution in [0.5, 0.6) is 0 Å². The first kappa shape index (κ1) is 18.9.